The SMILES string of the molecule is Cc1cc(C(Br)C(C)(C)C)c(C)cc1Cl. The largest absolute Gasteiger partial charge is 0.0840 e. The van der Waals surface area contributed by atoms with E-state index in [1.807, 2.05) is 13.0 Å². The van der Waals surface area contributed by atoms with Gasteiger partial charge in [0, 0.05) is 9.85 Å². The van der Waals surface area contributed by atoms with Crippen LogP contribution in [0.2, 0.25) is 5.02 Å². The fourth-order valence-electron chi connectivity index (χ4n) is 1.54. The van der Waals surface area contributed by atoms with E-state index in [1.165, 1.54) is 11.1 Å². The first-order valence-electron chi connectivity index (χ1n) is 5.14. The Labute approximate surface area is 106 Å². The highest BCUT2D eigenvalue weighted by molar-refractivity contribution is 9.09. The van der Waals surface area contributed by atoms with Crippen LogP contribution in [0.1, 0.15) is 42.3 Å². The Kier molecular flexibility index (Phi) is 3.89. The molecule has 0 bridgehead atoms. The van der Waals surface area contributed by atoms with E-state index in [0.29, 0.717) is 4.83 Å². The van der Waals surface area contributed by atoms with E-state index in [0.717, 1.165) is 10.6 Å². The van der Waals surface area contributed by atoms with Crippen molar-refractivity contribution in [1.29, 1.82) is 0 Å². The van der Waals surface area contributed by atoms with Crippen molar-refractivity contribution < 1.29 is 0 Å². The van der Waals surface area contributed by atoms with Crippen molar-refractivity contribution in [1.82, 2.24) is 0 Å². The molecule has 1 aromatic carbocycles. The van der Waals surface area contributed by atoms with Crippen molar-refractivity contribution in [3.8, 4) is 0 Å². The third-order valence-corrected chi connectivity index (χ3v) is 4.85. The average Bonchev–Trinajstić information content (AvgIpc) is 2.08. The second-order valence-corrected chi connectivity index (χ2v) is 6.51. The minimum absolute atomic E-state index is 0.213. The van der Waals surface area contributed by atoms with Gasteiger partial charge < -0.3 is 0 Å². The van der Waals surface area contributed by atoms with Crippen LogP contribution in [0.3, 0.4) is 0 Å². The minimum atomic E-state index is 0.213. The van der Waals surface area contributed by atoms with E-state index < -0.39 is 0 Å². The number of halogens is 2. The van der Waals surface area contributed by atoms with Gasteiger partial charge in [0.25, 0.3) is 0 Å². The maximum Gasteiger partial charge on any atom is 0.0446 e. The Hall–Kier alpha value is -0.0100. The zero-order valence-corrected chi connectivity index (χ0v) is 12.3. The van der Waals surface area contributed by atoms with Crippen molar-refractivity contribution in [2.45, 2.75) is 39.4 Å². The molecule has 84 valence electrons. The quantitative estimate of drug-likeness (QED) is 0.604. The fourth-order valence-corrected chi connectivity index (χ4v) is 2.25. The van der Waals surface area contributed by atoms with Crippen LogP contribution in [-0.2, 0) is 0 Å². The van der Waals surface area contributed by atoms with Gasteiger partial charge >= 0.3 is 0 Å². The first-order valence-corrected chi connectivity index (χ1v) is 6.43. The molecular formula is C13H18BrCl. The summed E-state index contributed by atoms with van der Waals surface area (Å²) in [5, 5.41) is 0.852. The standard InChI is InChI=1S/C13H18BrCl/c1-8-7-11(15)9(2)6-10(8)12(14)13(3,4)5/h6-7,12H,1-5H3. The van der Waals surface area contributed by atoms with Crippen molar-refractivity contribution >= 4 is 27.5 Å². The molecule has 0 aliphatic rings. The third-order valence-electron chi connectivity index (χ3n) is 2.58. The Morgan fingerprint density at radius 1 is 1.13 bits per heavy atom. The smallest absolute Gasteiger partial charge is 0.0446 e. The van der Waals surface area contributed by atoms with Crippen LogP contribution in [0.5, 0.6) is 0 Å². The number of hydrogen-bond acceptors (Lipinski definition) is 0. The molecule has 15 heavy (non-hydrogen) atoms. The summed E-state index contributed by atoms with van der Waals surface area (Å²) in [4.78, 5) is 0.362. The summed E-state index contributed by atoms with van der Waals surface area (Å²) in [5.41, 5.74) is 3.95. The second kappa shape index (κ2) is 4.47. The molecule has 0 aliphatic heterocycles. The lowest BCUT2D eigenvalue weighted by molar-refractivity contribution is 0.406. The zero-order valence-electron chi connectivity index (χ0n) is 9.99. The van der Waals surface area contributed by atoms with Gasteiger partial charge in [-0.25, -0.2) is 0 Å². The number of benzene rings is 1. The van der Waals surface area contributed by atoms with Gasteiger partial charge in [0.05, 0.1) is 0 Å². The van der Waals surface area contributed by atoms with Crippen molar-refractivity contribution in [2.75, 3.05) is 0 Å². The molecule has 1 aromatic rings. The molecule has 0 fully saturated rings. The van der Waals surface area contributed by atoms with Crippen molar-refractivity contribution in [2.24, 2.45) is 5.41 Å². The summed E-state index contributed by atoms with van der Waals surface area (Å²) in [6.07, 6.45) is 0. The first-order chi connectivity index (χ1) is 6.73. The number of aryl methyl sites for hydroxylation is 2. The summed E-state index contributed by atoms with van der Waals surface area (Å²) >= 11 is 9.86. The van der Waals surface area contributed by atoms with Crippen LogP contribution in [0.4, 0.5) is 0 Å². The summed E-state index contributed by atoms with van der Waals surface area (Å²) in [5.74, 6) is 0. The molecule has 0 N–H and O–H groups in total. The molecule has 1 rings (SSSR count). The monoisotopic (exact) mass is 288 g/mol. The Morgan fingerprint density at radius 3 is 2.13 bits per heavy atom. The highest BCUT2D eigenvalue weighted by atomic mass is 79.9. The molecule has 0 saturated heterocycles. The number of rotatable bonds is 1. The normalized spacial score (nSPS) is 14.1. The van der Waals surface area contributed by atoms with Crippen LogP contribution >= 0.6 is 27.5 Å². The number of hydrogen-bond donors (Lipinski definition) is 0. The highest BCUT2D eigenvalue weighted by Gasteiger charge is 2.25. The topological polar surface area (TPSA) is 0 Å². The molecule has 0 aromatic heterocycles. The van der Waals surface area contributed by atoms with E-state index in [9.17, 15) is 0 Å². The van der Waals surface area contributed by atoms with E-state index in [-0.39, 0.29) is 5.41 Å². The Morgan fingerprint density at radius 2 is 1.67 bits per heavy atom. The van der Waals surface area contributed by atoms with Crippen molar-refractivity contribution in [3.05, 3.63) is 33.8 Å². The lowest BCUT2D eigenvalue weighted by atomic mass is 9.86. The summed E-state index contributed by atoms with van der Waals surface area (Å²) in [6.45, 7) is 10.9. The Bertz CT molecular complexity index is 364. The molecule has 2 heteroatoms. The van der Waals surface area contributed by atoms with Gasteiger partial charge in [-0.3, -0.25) is 0 Å². The summed E-state index contributed by atoms with van der Waals surface area (Å²) in [7, 11) is 0. The number of alkyl halides is 1. The van der Waals surface area contributed by atoms with Crippen LogP contribution in [0.25, 0.3) is 0 Å². The molecule has 0 amide bonds. The van der Waals surface area contributed by atoms with Gasteiger partial charge in [-0.1, -0.05) is 54.4 Å². The van der Waals surface area contributed by atoms with E-state index in [4.69, 9.17) is 11.6 Å². The van der Waals surface area contributed by atoms with Crippen LogP contribution in [0, 0.1) is 19.3 Å². The molecule has 0 aliphatic carbocycles. The maximum atomic E-state index is 6.09. The van der Waals surface area contributed by atoms with Gasteiger partial charge in [0.2, 0.25) is 0 Å². The molecule has 1 atom stereocenters. The Balaban J connectivity index is 3.21. The van der Waals surface area contributed by atoms with Gasteiger partial charge in [-0.05, 0) is 42.0 Å². The molecule has 0 nitrogen and oxygen atoms in total. The zero-order chi connectivity index (χ0) is 11.8. The lowest BCUT2D eigenvalue weighted by Gasteiger charge is -2.27. The molecular weight excluding hydrogens is 272 g/mol. The highest BCUT2D eigenvalue weighted by Crippen LogP contribution is 2.42. The molecule has 0 saturated carbocycles. The molecule has 0 spiro atoms. The van der Waals surface area contributed by atoms with Gasteiger partial charge in [-0.15, -0.1) is 0 Å². The first kappa shape index (κ1) is 13.1. The minimum Gasteiger partial charge on any atom is -0.0840 e. The third kappa shape index (κ3) is 2.98. The fraction of sp³-hybridized carbons (Fsp3) is 0.538. The van der Waals surface area contributed by atoms with Gasteiger partial charge in [0.15, 0.2) is 0 Å². The van der Waals surface area contributed by atoms with E-state index in [1.54, 1.807) is 0 Å². The second-order valence-electron chi connectivity index (χ2n) is 5.19. The van der Waals surface area contributed by atoms with Gasteiger partial charge in [-0.2, -0.15) is 0 Å². The summed E-state index contributed by atoms with van der Waals surface area (Å²) in [6, 6.07) is 4.23. The van der Waals surface area contributed by atoms with Crippen LogP contribution < -0.4 is 0 Å². The summed E-state index contributed by atoms with van der Waals surface area (Å²) < 4.78 is 0. The average molecular weight is 290 g/mol. The van der Waals surface area contributed by atoms with Crippen molar-refractivity contribution in [3.63, 3.8) is 0 Å². The van der Waals surface area contributed by atoms with E-state index in [2.05, 4.69) is 49.7 Å². The molecule has 0 radical (unpaired) electrons. The molecule has 0 heterocycles. The molecule has 1 unspecified atom stereocenters. The predicted molar refractivity (Wildman–Crippen MR) is 72.0 cm³/mol. The lowest BCUT2D eigenvalue weighted by Crippen LogP contribution is -2.14. The maximum absolute atomic E-state index is 6.09. The van der Waals surface area contributed by atoms with Gasteiger partial charge in [0.1, 0.15) is 0 Å². The van der Waals surface area contributed by atoms with Crippen LogP contribution in [-0.4, -0.2) is 0 Å². The predicted octanol–water partition coefficient (Wildman–Crippen LogP) is 5.44. The van der Waals surface area contributed by atoms with E-state index >= 15 is 0 Å². The van der Waals surface area contributed by atoms with Crippen LogP contribution in [0.15, 0.2) is 12.1 Å².